The molecular weight excluding hydrogens is 417 g/mol. The molecular formula is C14H19BrIN3. The van der Waals surface area contributed by atoms with E-state index in [9.17, 15) is 0 Å². The molecule has 1 N–H and O–H groups in total. The van der Waals surface area contributed by atoms with Crippen LogP contribution in [0.2, 0.25) is 0 Å². The Balaban J connectivity index is 0.00000180. The summed E-state index contributed by atoms with van der Waals surface area (Å²) in [4.78, 5) is 6.82. The summed E-state index contributed by atoms with van der Waals surface area (Å²) >= 11 is 3.35. The van der Waals surface area contributed by atoms with Gasteiger partial charge in [0, 0.05) is 23.3 Å². The van der Waals surface area contributed by atoms with Gasteiger partial charge in [0.05, 0.1) is 6.54 Å². The molecule has 0 aromatic heterocycles. The number of halogens is 2. The van der Waals surface area contributed by atoms with Crippen molar-refractivity contribution in [1.82, 2.24) is 5.32 Å². The third-order valence-corrected chi connectivity index (χ3v) is 3.13. The molecule has 1 heterocycles. The van der Waals surface area contributed by atoms with Gasteiger partial charge < -0.3 is 10.2 Å². The van der Waals surface area contributed by atoms with Crippen molar-refractivity contribution in [3.63, 3.8) is 0 Å². The van der Waals surface area contributed by atoms with E-state index in [1.165, 1.54) is 11.3 Å². The molecule has 0 amide bonds. The lowest BCUT2D eigenvalue weighted by atomic mass is 10.2. The minimum atomic E-state index is 0. The van der Waals surface area contributed by atoms with Crippen LogP contribution in [-0.2, 0) is 6.42 Å². The van der Waals surface area contributed by atoms with Crippen LogP contribution in [0.4, 0.5) is 5.69 Å². The van der Waals surface area contributed by atoms with E-state index < -0.39 is 0 Å². The molecule has 0 atom stereocenters. The predicted molar refractivity (Wildman–Crippen MR) is 97.0 cm³/mol. The van der Waals surface area contributed by atoms with Crippen LogP contribution in [0.1, 0.15) is 12.5 Å². The number of hydrogen-bond acceptors (Lipinski definition) is 1. The van der Waals surface area contributed by atoms with Crippen LogP contribution >= 0.6 is 39.9 Å². The third-order valence-electron chi connectivity index (χ3n) is 2.88. The number of nitrogens with zero attached hydrogens (tertiary/aromatic N) is 2. The van der Waals surface area contributed by atoms with Crippen LogP contribution in [0.5, 0.6) is 0 Å². The van der Waals surface area contributed by atoms with Gasteiger partial charge in [0.15, 0.2) is 5.96 Å². The van der Waals surface area contributed by atoms with Crippen LogP contribution in [0.15, 0.2) is 40.3 Å². The van der Waals surface area contributed by atoms with E-state index in [2.05, 4.69) is 68.9 Å². The Morgan fingerprint density at radius 3 is 2.89 bits per heavy atom. The highest BCUT2D eigenvalue weighted by Crippen LogP contribution is 2.27. The normalized spacial score (nSPS) is 13.8. The van der Waals surface area contributed by atoms with Gasteiger partial charge in [-0.3, -0.25) is 0 Å². The molecule has 5 heteroatoms. The van der Waals surface area contributed by atoms with Gasteiger partial charge in [-0.15, -0.1) is 24.0 Å². The number of hydrogen-bond donors (Lipinski definition) is 1. The summed E-state index contributed by atoms with van der Waals surface area (Å²) in [5.74, 6) is 0.933. The number of rotatable bonds is 3. The van der Waals surface area contributed by atoms with Crippen molar-refractivity contribution in [3.8, 4) is 0 Å². The number of guanidine groups is 1. The number of fused-ring (bicyclic) bond motifs is 1. The van der Waals surface area contributed by atoms with Crippen molar-refractivity contribution in [2.24, 2.45) is 4.99 Å². The molecule has 19 heavy (non-hydrogen) atoms. The van der Waals surface area contributed by atoms with Gasteiger partial charge in [-0.1, -0.05) is 40.7 Å². The Hall–Kier alpha value is -0.560. The second-order valence-electron chi connectivity index (χ2n) is 4.22. The van der Waals surface area contributed by atoms with E-state index in [0.29, 0.717) is 6.54 Å². The highest BCUT2D eigenvalue weighted by Gasteiger charge is 2.22. The summed E-state index contributed by atoms with van der Waals surface area (Å²) in [6.07, 6.45) is 1.08. The van der Waals surface area contributed by atoms with Crippen LogP contribution in [0.3, 0.4) is 0 Å². The highest BCUT2D eigenvalue weighted by atomic mass is 127. The minimum absolute atomic E-state index is 0. The lowest BCUT2D eigenvalue weighted by molar-refractivity contribution is 0.895. The fraction of sp³-hybridized carbons (Fsp3) is 0.357. The molecule has 1 aromatic carbocycles. The third kappa shape index (κ3) is 4.21. The number of benzene rings is 1. The first-order valence-corrected chi connectivity index (χ1v) is 6.98. The largest absolute Gasteiger partial charge is 0.356 e. The van der Waals surface area contributed by atoms with E-state index in [1.54, 1.807) is 0 Å². The first-order chi connectivity index (χ1) is 8.72. The summed E-state index contributed by atoms with van der Waals surface area (Å²) in [6, 6.07) is 8.50. The van der Waals surface area contributed by atoms with Gasteiger partial charge in [0.25, 0.3) is 0 Å². The van der Waals surface area contributed by atoms with Gasteiger partial charge in [-0.25, -0.2) is 4.99 Å². The second kappa shape index (κ2) is 7.89. The average molecular weight is 436 g/mol. The molecule has 2 rings (SSSR count). The van der Waals surface area contributed by atoms with E-state index in [0.717, 1.165) is 30.0 Å². The van der Waals surface area contributed by atoms with Crippen molar-refractivity contribution in [2.45, 2.75) is 13.3 Å². The molecule has 1 aliphatic heterocycles. The summed E-state index contributed by atoms with van der Waals surface area (Å²) in [5.41, 5.74) is 2.65. The molecule has 0 saturated carbocycles. The van der Waals surface area contributed by atoms with Gasteiger partial charge in [-0.2, -0.15) is 0 Å². The van der Waals surface area contributed by atoms with Crippen molar-refractivity contribution >= 4 is 51.6 Å². The number of aliphatic imine (C=N–C) groups is 1. The zero-order chi connectivity index (χ0) is 13.0. The molecule has 0 aliphatic carbocycles. The summed E-state index contributed by atoms with van der Waals surface area (Å²) < 4.78 is 0.894. The molecule has 0 radical (unpaired) electrons. The van der Waals surface area contributed by atoms with Crippen LogP contribution in [-0.4, -0.2) is 25.6 Å². The lowest BCUT2D eigenvalue weighted by Crippen LogP contribution is -2.40. The van der Waals surface area contributed by atoms with Crippen molar-refractivity contribution in [1.29, 1.82) is 0 Å². The summed E-state index contributed by atoms with van der Waals surface area (Å²) in [7, 11) is 0. The molecule has 1 aromatic rings. The Morgan fingerprint density at radius 1 is 1.47 bits per heavy atom. The maximum atomic E-state index is 4.58. The topological polar surface area (TPSA) is 27.6 Å². The van der Waals surface area contributed by atoms with Crippen molar-refractivity contribution in [3.05, 3.63) is 40.9 Å². The monoisotopic (exact) mass is 435 g/mol. The predicted octanol–water partition coefficient (Wildman–Crippen LogP) is 3.54. The van der Waals surface area contributed by atoms with Gasteiger partial charge in [0.2, 0.25) is 0 Å². The van der Waals surface area contributed by atoms with E-state index >= 15 is 0 Å². The molecule has 1 aliphatic rings. The maximum absolute atomic E-state index is 4.58. The average Bonchev–Trinajstić information content (AvgIpc) is 2.78. The minimum Gasteiger partial charge on any atom is -0.356 e. The smallest absolute Gasteiger partial charge is 0.198 e. The molecule has 0 saturated heterocycles. The molecule has 0 fully saturated rings. The Morgan fingerprint density at radius 2 is 2.21 bits per heavy atom. The Bertz CT molecular complexity index is 474. The SMILES string of the molecule is C=C(Br)CN=C(NCC)N1CCc2ccccc21.I. The molecule has 0 unspecified atom stereocenters. The van der Waals surface area contributed by atoms with Crippen molar-refractivity contribution in [2.75, 3.05) is 24.5 Å². The first-order valence-electron chi connectivity index (χ1n) is 6.19. The highest BCUT2D eigenvalue weighted by molar-refractivity contribution is 14.0. The fourth-order valence-electron chi connectivity index (χ4n) is 2.11. The quantitative estimate of drug-likeness (QED) is 0.446. The second-order valence-corrected chi connectivity index (χ2v) is 5.34. The summed E-state index contributed by atoms with van der Waals surface area (Å²) in [5, 5.41) is 3.33. The Kier molecular flexibility index (Phi) is 6.85. The lowest BCUT2D eigenvalue weighted by Gasteiger charge is -2.22. The van der Waals surface area contributed by atoms with E-state index in [4.69, 9.17) is 0 Å². The molecule has 0 spiro atoms. The number of para-hydroxylation sites is 1. The number of nitrogens with one attached hydrogen (secondary N) is 1. The van der Waals surface area contributed by atoms with Crippen LogP contribution in [0.25, 0.3) is 0 Å². The van der Waals surface area contributed by atoms with Gasteiger partial charge in [0.1, 0.15) is 0 Å². The molecule has 0 bridgehead atoms. The van der Waals surface area contributed by atoms with Gasteiger partial charge >= 0.3 is 0 Å². The zero-order valence-electron chi connectivity index (χ0n) is 11.0. The van der Waals surface area contributed by atoms with E-state index in [-0.39, 0.29) is 24.0 Å². The van der Waals surface area contributed by atoms with Crippen LogP contribution < -0.4 is 10.2 Å². The zero-order valence-corrected chi connectivity index (χ0v) is 14.9. The van der Waals surface area contributed by atoms with Crippen LogP contribution in [0, 0.1) is 0 Å². The van der Waals surface area contributed by atoms with Crippen molar-refractivity contribution < 1.29 is 0 Å². The first kappa shape index (κ1) is 16.5. The summed E-state index contributed by atoms with van der Waals surface area (Å²) in [6.45, 7) is 8.36. The maximum Gasteiger partial charge on any atom is 0.198 e. The van der Waals surface area contributed by atoms with E-state index in [1.807, 2.05) is 0 Å². The fourth-order valence-corrected chi connectivity index (χ4v) is 2.24. The standard InChI is InChI=1S/C14H18BrN3.HI/c1-3-16-14(17-10-11(2)15)18-9-8-12-6-4-5-7-13(12)18;/h4-7H,2-3,8-10H2,1H3,(H,16,17);1H. The van der Waals surface area contributed by atoms with Gasteiger partial charge in [-0.05, 0) is 25.0 Å². The Labute approximate surface area is 140 Å². The molecule has 3 nitrogen and oxygen atoms in total. The number of anilines is 1. The molecule has 104 valence electrons.